The molecule has 1 aromatic carbocycles. The molecule has 4 aliphatic rings. The standard InChI is InChI=1S/C37H46N6O5/c1-3-43-30-17-9-7-12-25(30)20-31(43)35(47)39-28(15-8-10-18-32(44)38-27-13-5-4-6-14-27)34(46)40-29-16-11-19-42(36(29)48)23-33(45)41-37-21-26(22-37)24(37)2/h7,9-12,16-20,24,26-28H,3-6,8,13-15,21-23H2,1-2H3,(H,38,44)(H,39,47)(H,40,46)(H,41,45)/b18-10+/t24-,26?,28-,37?/m0/s1. The number of nitrogens with zero attached hydrogens (tertiary/aromatic N) is 2. The van der Waals surface area contributed by atoms with E-state index in [1.165, 1.54) is 29.3 Å². The molecule has 4 amide bonds. The number of rotatable bonds is 13. The van der Waals surface area contributed by atoms with Crippen LogP contribution < -0.4 is 26.8 Å². The highest BCUT2D eigenvalue weighted by Gasteiger charge is 2.63. The number of para-hydroxylation sites is 1. The summed E-state index contributed by atoms with van der Waals surface area (Å²) in [5, 5.41) is 12.6. The van der Waals surface area contributed by atoms with Crippen molar-refractivity contribution in [2.75, 3.05) is 5.32 Å². The Morgan fingerprint density at radius 2 is 1.81 bits per heavy atom. The smallest absolute Gasteiger partial charge is 0.274 e. The van der Waals surface area contributed by atoms with Crippen LogP contribution in [-0.2, 0) is 27.5 Å². The van der Waals surface area contributed by atoms with Crippen molar-refractivity contribution in [3.63, 3.8) is 0 Å². The van der Waals surface area contributed by atoms with Crippen LogP contribution in [0.25, 0.3) is 10.9 Å². The van der Waals surface area contributed by atoms with Crippen LogP contribution in [0.5, 0.6) is 0 Å². The van der Waals surface area contributed by atoms with Crippen LogP contribution >= 0.6 is 0 Å². The fourth-order valence-corrected chi connectivity index (χ4v) is 7.59. The lowest BCUT2D eigenvalue weighted by Gasteiger charge is -2.67. The number of amides is 4. The molecule has 11 nitrogen and oxygen atoms in total. The second-order valence-corrected chi connectivity index (χ2v) is 13.7. The van der Waals surface area contributed by atoms with E-state index in [4.69, 9.17) is 0 Å². The maximum Gasteiger partial charge on any atom is 0.274 e. The molecule has 2 aromatic heterocycles. The third-order valence-corrected chi connectivity index (χ3v) is 10.6. The highest BCUT2D eigenvalue weighted by molar-refractivity contribution is 6.03. The summed E-state index contributed by atoms with van der Waals surface area (Å²) in [5.74, 6) is -0.255. The van der Waals surface area contributed by atoms with E-state index in [2.05, 4.69) is 28.2 Å². The number of benzene rings is 1. The summed E-state index contributed by atoms with van der Waals surface area (Å²) in [7, 11) is 0. The molecule has 4 N–H and O–H groups in total. The van der Waals surface area contributed by atoms with Crippen LogP contribution in [0.3, 0.4) is 0 Å². The molecular weight excluding hydrogens is 608 g/mol. The summed E-state index contributed by atoms with van der Waals surface area (Å²) in [6, 6.07) is 11.8. The SMILES string of the molecule is CCn1c(C(=O)N[C@@H](CC/C=C/C(=O)NC2CCCCC2)C(=O)Nc2cccn(CC(=O)NC34CC(C3)[C@@H]4C)c2=O)cc2ccccc21. The summed E-state index contributed by atoms with van der Waals surface area (Å²) in [5.41, 5.74) is 0.693. The zero-order chi connectivity index (χ0) is 33.8. The molecule has 2 atom stereocenters. The first-order chi connectivity index (χ1) is 23.2. The fraction of sp³-hybridized carbons (Fsp3) is 0.486. The van der Waals surface area contributed by atoms with Crippen molar-refractivity contribution >= 4 is 40.2 Å². The third-order valence-electron chi connectivity index (χ3n) is 10.6. The number of carbonyl (C=O) groups is 4. The molecule has 7 rings (SSSR count). The summed E-state index contributed by atoms with van der Waals surface area (Å²) < 4.78 is 3.17. The molecule has 4 aliphatic carbocycles. The first-order valence-electron chi connectivity index (χ1n) is 17.3. The molecule has 4 fully saturated rings. The highest BCUT2D eigenvalue weighted by Crippen LogP contribution is 2.61. The van der Waals surface area contributed by atoms with Crippen molar-refractivity contribution in [2.45, 2.75) is 102 Å². The number of anilines is 1. The minimum atomic E-state index is -1.01. The first-order valence-corrected chi connectivity index (χ1v) is 17.3. The van der Waals surface area contributed by atoms with E-state index in [9.17, 15) is 24.0 Å². The highest BCUT2D eigenvalue weighted by atomic mass is 16.2. The number of fused-ring (bicyclic) bond motifs is 1. The molecule has 0 spiro atoms. The Hall–Kier alpha value is -4.67. The van der Waals surface area contributed by atoms with Gasteiger partial charge < -0.3 is 30.4 Å². The zero-order valence-corrected chi connectivity index (χ0v) is 27.8. The molecule has 2 bridgehead atoms. The van der Waals surface area contributed by atoms with Crippen molar-refractivity contribution < 1.29 is 19.2 Å². The van der Waals surface area contributed by atoms with E-state index < -0.39 is 23.4 Å². The Bertz CT molecular complexity index is 1780. The zero-order valence-electron chi connectivity index (χ0n) is 27.8. The Morgan fingerprint density at radius 3 is 2.52 bits per heavy atom. The molecule has 0 radical (unpaired) electrons. The van der Waals surface area contributed by atoms with E-state index >= 15 is 0 Å². The Balaban J connectivity index is 1.14. The van der Waals surface area contributed by atoms with Crippen LogP contribution in [0.4, 0.5) is 5.69 Å². The number of hydrogen-bond donors (Lipinski definition) is 4. The van der Waals surface area contributed by atoms with Crippen molar-refractivity contribution in [3.05, 3.63) is 76.9 Å². The van der Waals surface area contributed by atoms with E-state index in [0.29, 0.717) is 30.5 Å². The first kappa shape index (κ1) is 33.2. The van der Waals surface area contributed by atoms with Gasteiger partial charge in [-0.25, -0.2) is 0 Å². The molecule has 48 heavy (non-hydrogen) atoms. The van der Waals surface area contributed by atoms with E-state index in [0.717, 1.165) is 49.4 Å². The van der Waals surface area contributed by atoms with Gasteiger partial charge in [0.1, 0.15) is 24.0 Å². The lowest BCUT2D eigenvalue weighted by atomic mass is 9.43. The van der Waals surface area contributed by atoms with Gasteiger partial charge in [0.05, 0.1) is 0 Å². The van der Waals surface area contributed by atoms with E-state index in [1.54, 1.807) is 18.2 Å². The fourth-order valence-electron chi connectivity index (χ4n) is 7.59. The van der Waals surface area contributed by atoms with E-state index in [1.807, 2.05) is 35.8 Å². The van der Waals surface area contributed by atoms with Crippen LogP contribution in [0, 0.1) is 11.8 Å². The lowest BCUT2D eigenvalue weighted by molar-refractivity contribution is -0.151. The largest absolute Gasteiger partial charge is 0.350 e. The maximum absolute atomic E-state index is 13.7. The summed E-state index contributed by atoms with van der Waals surface area (Å²) >= 11 is 0. The quantitative estimate of drug-likeness (QED) is 0.204. The monoisotopic (exact) mass is 654 g/mol. The Morgan fingerprint density at radius 1 is 1.04 bits per heavy atom. The van der Waals surface area contributed by atoms with Crippen molar-refractivity contribution in [3.8, 4) is 0 Å². The molecule has 11 heteroatoms. The van der Waals surface area contributed by atoms with Gasteiger partial charge in [-0.1, -0.05) is 50.5 Å². The minimum absolute atomic E-state index is 0.0125. The van der Waals surface area contributed by atoms with Crippen molar-refractivity contribution in [1.29, 1.82) is 0 Å². The molecule has 3 aromatic rings. The van der Waals surface area contributed by atoms with Crippen LogP contribution in [-0.4, -0.2) is 50.4 Å². The summed E-state index contributed by atoms with van der Waals surface area (Å²) in [6.07, 6.45) is 12.6. The number of nitrogens with one attached hydrogen (secondary N) is 4. The van der Waals surface area contributed by atoms with Crippen LogP contribution in [0.15, 0.2) is 65.6 Å². The molecule has 4 saturated carbocycles. The molecule has 254 valence electrons. The second kappa shape index (κ2) is 14.2. The predicted molar refractivity (Wildman–Crippen MR) is 184 cm³/mol. The number of aromatic nitrogens is 2. The number of allylic oxidation sites excluding steroid dienone is 1. The summed E-state index contributed by atoms with van der Waals surface area (Å²) in [4.78, 5) is 66.0. The van der Waals surface area contributed by atoms with E-state index in [-0.39, 0.29) is 42.0 Å². The molecule has 2 heterocycles. The number of hydrogen-bond acceptors (Lipinski definition) is 5. The van der Waals surface area contributed by atoms with Crippen LogP contribution in [0.1, 0.15) is 82.1 Å². The predicted octanol–water partition coefficient (Wildman–Crippen LogP) is 4.26. The van der Waals surface area contributed by atoms with Gasteiger partial charge in [-0.3, -0.25) is 24.0 Å². The van der Waals surface area contributed by atoms with Crippen molar-refractivity contribution in [1.82, 2.24) is 25.1 Å². The third kappa shape index (κ3) is 6.95. The molecular formula is C37H46N6O5. The maximum atomic E-state index is 13.7. The van der Waals surface area contributed by atoms with Gasteiger partial charge in [0.2, 0.25) is 17.7 Å². The van der Waals surface area contributed by atoms with Crippen LogP contribution in [0.2, 0.25) is 0 Å². The summed E-state index contributed by atoms with van der Waals surface area (Å²) in [6.45, 7) is 4.49. The van der Waals surface area contributed by atoms with Gasteiger partial charge in [-0.2, -0.15) is 0 Å². The van der Waals surface area contributed by atoms with Gasteiger partial charge >= 0.3 is 0 Å². The number of aryl methyl sites for hydroxylation is 1. The second-order valence-electron chi connectivity index (χ2n) is 13.7. The number of carbonyl (C=O) groups excluding carboxylic acids is 4. The molecule has 0 aliphatic heterocycles. The van der Waals surface area contributed by atoms with Gasteiger partial charge in [-0.15, -0.1) is 0 Å². The van der Waals surface area contributed by atoms with Gasteiger partial charge in [0.25, 0.3) is 11.5 Å². The van der Waals surface area contributed by atoms with Gasteiger partial charge in [0.15, 0.2) is 0 Å². The average molecular weight is 655 g/mol. The minimum Gasteiger partial charge on any atom is -0.350 e. The van der Waals surface area contributed by atoms with Crippen molar-refractivity contribution in [2.24, 2.45) is 11.8 Å². The molecule has 0 unspecified atom stereocenters. The lowest BCUT2D eigenvalue weighted by Crippen LogP contribution is -2.74. The number of pyridine rings is 1. The Labute approximate surface area is 280 Å². The topological polar surface area (TPSA) is 143 Å². The average Bonchev–Trinajstić information content (AvgIpc) is 3.45. The molecule has 0 saturated heterocycles. The normalized spacial score (nSPS) is 22.4. The van der Waals surface area contributed by atoms with Gasteiger partial charge in [0, 0.05) is 35.2 Å². The Kier molecular flexibility index (Phi) is 9.84. The van der Waals surface area contributed by atoms with Gasteiger partial charge in [-0.05, 0) is 87.6 Å².